The van der Waals surface area contributed by atoms with E-state index in [0.717, 1.165) is 23.2 Å². The van der Waals surface area contributed by atoms with Gasteiger partial charge in [0.05, 0.1) is 0 Å². The molecule has 0 radical (unpaired) electrons. The summed E-state index contributed by atoms with van der Waals surface area (Å²) >= 11 is 7.40. The van der Waals surface area contributed by atoms with Gasteiger partial charge in [-0.3, -0.25) is 4.79 Å². The highest BCUT2D eigenvalue weighted by molar-refractivity contribution is 7.15. The Hall–Kier alpha value is -1.86. The fraction of sp³-hybridized carbons (Fsp3) is 0.400. The number of amides is 1. The molecule has 1 saturated heterocycles. The maximum Gasteiger partial charge on any atom is 0.260 e. The summed E-state index contributed by atoms with van der Waals surface area (Å²) in [7, 11) is 0. The zero-order chi connectivity index (χ0) is 16.2. The van der Waals surface area contributed by atoms with Gasteiger partial charge < -0.3 is 14.5 Å². The summed E-state index contributed by atoms with van der Waals surface area (Å²) in [5.41, 5.74) is 0. The van der Waals surface area contributed by atoms with Crippen molar-refractivity contribution in [2.45, 2.75) is 6.92 Å². The van der Waals surface area contributed by atoms with Gasteiger partial charge in [-0.2, -0.15) is 0 Å². The molecule has 0 saturated carbocycles. The summed E-state index contributed by atoms with van der Waals surface area (Å²) in [6.07, 6.45) is 0. The molecule has 0 spiro atoms. The fourth-order valence-electron chi connectivity index (χ4n) is 2.33. The van der Waals surface area contributed by atoms with E-state index in [1.54, 1.807) is 35.6 Å². The average molecular weight is 353 g/mol. The molecule has 6 nitrogen and oxygen atoms in total. The van der Waals surface area contributed by atoms with Crippen molar-refractivity contribution in [3.05, 3.63) is 34.3 Å². The Morgan fingerprint density at radius 1 is 1.22 bits per heavy atom. The second-order valence-corrected chi connectivity index (χ2v) is 6.81. The zero-order valence-corrected chi connectivity index (χ0v) is 14.3. The molecule has 1 fully saturated rings. The number of carbonyl (C=O) groups excluding carboxylic acids is 1. The summed E-state index contributed by atoms with van der Waals surface area (Å²) in [5, 5.41) is 10.7. The lowest BCUT2D eigenvalue weighted by Crippen LogP contribution is -2.50. The Morgan fingerprint density at radius 2 is 1.91 bits per heavy atom. The number of hydrogen-bond donors (Lipinski definition) is 0. The first-order valence-corrected chi connectivity index (χ1v) is 8.52. The quantitative estimate of drug-likeness (QED) is 0.844. The van der Waals surface area contributed by atoms with Gasteiger partial charge in [-0.15, -0.1) is 10.2 Å². The van der Waals surface area contributed by atoms with Crippen LogP contribution in [0.1, 0.15) is 5.01 Å². The monoisotopic (exact) mass is 352 g/mol. The molecule has 2 aromatic rings. The summed E-state index contributed by atoms with van der Waals surface area (Å²) in [5.74, 6) is 0.638. The van der Waals surface area contributed by atoms with Crippen molar-refractivity contribution in [1.29, 1.82) is 0 Å². The maximum atomic E-state index is 12.2. The van der Waals surface area contributed by atoms with Crippen LogP contribution in [-0.2, 0) is 4.79 Å². The van der Waals surface area contributed by atoms with E-state index < -0.39 is 0 Å². The minimum Gasteiger partial charge on any atom is -0.484 e. The van der Waals surface area contributed by atoms with Gasteiger partial charge in [0.2, 0.25) is 5.13 Å². The standard InChI is InChI=1S/C15H17ClN4O2S/c1-11-17-18-15(23-11)20-8-6-19(7-9-20)14(21)10-22-13-4-2-12(16)3-5-13/h2-5H,6-10H2,1H3. The van der Waals surface area contributed by atoms with E-state index in [9.17, 15) is 4.79 Å². The largest absolute Gasteiger partial charge is 0.484 e. The molecule has 0 N–H and O–H groups in total. The Bertz CT molecular complexity index is 668. The van der Waals surface area contributed by atoms with Crippen molar-refractivity contribution in [2.24, 2.45) is 0 Å². The van der Waals surface area contributed by atoms with E-state index in [-0.39, 0.29) is 12.5 Å². The normalized spacial score (nSPS) is 14.9. The number of benzene rings is 1. The third-order valence-corrected chi connectivity index (χ3v) is 4.75. The van der Waals surface area contributed by atoms with Gasteiger partial charge in [-0.25, -0.2) is 0 Å². The zero-order valence-electron chi connectivity index (χ0n) is 12.7. The van der Waals surface area contributed by atoms with Crippen LogP contribution in [0, 0.1) is 6.92 Å². The van der Waals surface area contributed by atoms with Gasteiger partial charge in [0.1, 0.15) is 10.8 Å². The van der Waals surface area contributed by atoms with E-state index in [0.29, 0.717) is 23.9 Å². The van der Waals surface area contributed by atoms with E-state index in [4.69, 9.17) is 16.3 Å². The molecule has 23 heavy (non-hydrogen) atoms. The molecule has 8 heteroatoms. The third kappa shape index (κ3) is 4.11. The number of nitrogens with zero attached hydrogens (tertiary/aromatic N) is 4. The molecule has 0 unspecified atom stereocenters. The summed E-state index contributed by atoms with van der Waals surface area (Å²) in [6.45, 7) is 4.85. The van der Waals surface area contributed by atoms with Crippen molar-refractivity contribution in [3.8, 4) is 5.75 Å². The molecule has 1 aliphatic rings. The van der Waals surface area contributed by atoms with Crippen molar-refractivity contribution in [3.63, 3.8) is 0 Å². The number of carbonyl (C=O) groups is 1. The molecule has 1 aliphatic heterocycles. The number of piperazine rings is 1. The number of anilines is 1. The van der Waals surface area contributed by atoms with Gasteiger partial charge in [-0.1, -0.05) is 22.9 Å². The van der Waals surface area contributed by atoms with Crippen LogP contribution in [0.2, 0.25) is 5.02 Å². The average Bonchev–Trinajstić information content (AvgIpc) is 3.01. The molecule has 1 aromatic carbocycles. The molecule has 3 rings (SSSR count). The van der Waals surface area contributed by atoms with Gasteiger partial charge >= 0.3 is 0 Å². The maximum absolute atomic E-state index is 12.2. The van der Waals surface area contributed by atoms with Crippen molar-refractivity contribution in [1.82, 2.24) is 15.1 Å². The van der Waals surface area contributed by atoms with Crippen LogP contribution in [0.5, 0.6) is 5.75 Å². The second-order valence-electron chi connectivity index (χ2n) is 5.21. The Balaban J connectivity index is 1.47. The molecule has 1 aromatic heterocycles. The summed E-state index contributed by atoms with van der Waals surface area (Å²) in [4.78, 5) is 16.2. The fourth-order valence-corrected chi connectivity index (χ4v) is 3.19. The first-order chi connectivity index (χ1) is 11.1. The van der Waals surface area contributed by atoms with Crippen LogP contribution in [0.15, 0.2) is 24.3 Å². The Labute approximate surface area is 143 Å². The highest BCUT2D eigenvalue weighted by Crippen LogP contribution is 2.21. The van der Waals surface area contributed by atoms with E-state index in [1.807, 2.05) is 11.8 Å². The number of rotatable bonds is 4. The van der Waals surface area contributed by atoms with Gasteiger partial charge in [-0.05, 0) is 31.2 Å². The highest BCUT2D eigenvalue weighted by Gasteiger charge is 2.23. The van der Waals surface area contributed by atoms with Crippen LogP contribution in [0.25, 0.3) is 0 Å². The lowest BCUT2D eigenvalue weighted by molar-refractivity contribution is -0.133. The molecule has 1 amide bonds. The van der Waals surface area contributed by atoms with E-state index in [1.165, 1.54) is 0 Å². The van der Waals surface area contributed by atoms with Crippen molar-refractivity contribution >= 4 is 34.0 Å². The number of halogens is 1. The third-order valence-electron chi connectivity index (χ3n) is 3.59. The topological polar surface area (TPSA) is 58.6 Å². The van der Waals surface area contributed by atoms with Crippen molar-refractivity contribution in [2.75, 3.05) is 37.7 Å². The number of aryl methyl sites for hydroxylation is 1. The van der Waals surface area contributed by atoms with Gasteiger partial charge in [0.15, 0.2) is 6.61 Å². The Kier molecular flexibility index (Phi) is 4.97. The van der Waals surface area contributed by atoms with Gasteiger partial charge in [0, 0.05) is 31.2 Å². The number of ether oxygens (including phenoxy) is 1. The second kappa shape index (κ2) is 7.14. The van der Waals surface area contributed by atoms with Crippen LogP contribution in [-0.4, -0.2) is 53.8 Å². The van der Waals surface area contributed by atoms with Crippen LogP contribution in [0.3, 0.4) is 0 Å². The van der Waals surface area contributed by atoms with Crippen LogP contribution >= 0.6 is 22.9 Å². The Morgan fingerprint density at radius 3 is 2.52 bits per heavy atom. The van der Waals surface area contributed by atoms with E-state index >= 15 is 0 Å². The molecule has 0 atom stereocenters. The first kappa shape index (κ1) is 16.0. The predicted molar refractivity (Wildman–Crippen MR) is 90.4 cm³/mol. The SMILES string of the molecule is Cc1nnc(N2CCN(C(=O)COc3ccc(Cl)cc3)CC2)s1. The van der Waals surface area contributed by atoms with Crippen molar-refractivity contribution < 1.29 is 9.53 Å². The van der Waals surface area contributed by atoms with E-state index in [2.05, 4.69) is 15.1 Å². The molecule has 0 aliphatic carbocycles. The van der Waals surface area contributed by atoms with Gasteiger partial charge in [0.25, 0.3) is 5.91 Å². The summed E-state index contributed by atoms with van der Waals surface area (Å²) < 4.78 is 5.51. The highest BCUT2D eigenvalue weighted by atomic mass is 35.5. The molecule has 0 bridgehead atoms. The first-order valence-electron chi connectivity index (χ1n) is 7.33. The molecule has 122 valence electrons. The number of aromatic nitrogens is 2. The summed E-state index contributed by atoms with van der Waals surface area (Å²) in [6, 6.07) is 6.99. The minimum atomic E-state index is -0.00644. The molecule has 2 heterocycles. The number of hydrogen-bond acceptors (Lipinski definition) is 6. The smallest absolute Gasteiger partial charge is 0.260 e. The molecular formula is C15H17ClN4O2S. The van der Waals surface area contributed by atoms with Crippen LogP contribution < -0.4 is 9.64 Å². The lowest BCUT2D eigenvalue weighted by atomic mass is 10.3. The van der Waals surface area contributed by atoms with Crippen LogP contribution in [0.4, 0.5) is 5.13 Å². The minimum absolute atomic E-state index is 0.00644. The predicted octanol–water partition coefficient (Wildman–Crippen LogP) is 2.23. The molecular weight excluding hydrogens is 336 g/mol. The lowest BCUT2D eigenvalue weighted by Gasteiger charge is -2.34.